The molecule has 40 heavy (non-hydrogen) atoms. The number of anilines is 1. The minimum absolute atomic E-state index is 0.150. The molecule has 2 aromatic carbocycles. The Morgan fingerprint density at radius 3 is 2.30 bits per heavy atom. The first kappa shape index (κ1) is 32.2. The first-order valence-corrected chi connectivity index (χ1v) is 16.5. The molecule has 1 aliphatic heterocycles. The van der Waals surface area contributed by atoms with Crippen molar-refractivity contribution in [2.75, 3.05) is 24.4 Å². The van der Waals surface area contributed by atoms with Gasteiger partial charge in [0.15, 0.2) is 0 Å². The Morgan fingerprint density at radius 1 is 0.950 bits per heavy atom. The third-order valence-corrected chi connectivity index (χ3v) is 8.37. The summed E-state index contributed by atoms with van der Waals surface area (Å²) in [6.07, 6.45) is 17.9. The van der Waals surface area contributed by atoms with Gasteiger partial charge in [-0.15, -0.1) is 11.8 Å². The fourth-order valence-electron chi connectivity index (χ4n) is 4.95. The molecule has 0 saturated heterocycles. The van der Waals surface area contributed by atoms with E-state index < -0.39 is 0 Å². The summed E-state index contributed by atoms with van der Waals surface area (Å²) in [6.45, 7) is 4.17. The zero-order chi connectivity index (χ0) is 28.4. The lowest BCUT2D eigenvalue weighted by Gasteiger charge is -2.24. The minimum Gasteiger partial charge on any atom is -0.492 e. The normalized spacial score (nSPS) is 12.6. The molecule has 220 valence electrons. The standard InChI is InChI=1S/C33H48ClN3O2S/c1-3-4-5-6-7-8-9-10-11-12-13-14-21-39-32-24-29(18-19-31(32)34)26-37(33(38)35-2)30-17-15-16-28(23-30)25-36-20-22-40-27-36/h15-20,22-24H,3-14,21,25-27H2,1-2H3,(H,35,38). The predicted octanol–water partition coefficient (Wildman–Crippen LogP) is 9.74. The van der Waals surface area contributed by atoms with Gasteiger partial charge in [-0.05, 0) is 47.2 Å². The van der Waals surface area contributed by atoms with Crippen LogP contribution in [-0.4, -0.2) is 30.5 Å². The van der Waals surface area contributed by atoms with Gasteiger partial charge in [0.25, 0.3) is 0 Å². The number of rotatable bonds is 19. The Labute approximate surface area is 251 Å². The lowest BCUT2D eigenvalue weighted by atomic mass is 10.1. The molecule has 0 bridgehead atoms. The number of nitrogens with zero attached hydrogens (tertiary/aromatic N) is 2. The number of benzene rings is 2. The van der Waals surface area contributed by atoms with Crippen LogP contribution in [0.2, 0.25) is 5.02 Å². The van der Waals surface area contributed by atoms with E-state index in [9.17, 15) is 4.79 Å². The van der Waals surface area contributed by atoms with E-state index in [-0.39, 0.29) is 6.03 Å². The van der Waals surface area contributed by atoms with Gasteiger partial charge in [-0.25, -0.2) is 4.79 Å². The lowest BCUT2D eigenvalue weighted by Crippen LogP contribution is -2.37. The molecule has 0 unspecified atom stereocenters. The van der Waals surface area contributed by atoms with Gasteiger partial charge in [-0.1, -0.05) is 107 Å². The Bertz CT molecular complexity index is 1050. The average Bonchev–Trinajstić information content (AvgIpc) is 3.48. The number of urea groups is 1. The number of halogens is 1. The number of hydrogen-bond donors (Lipinski definition) is 1. The van der Waals surface area contributed by atoms with Crippen molar-refractivity contribution in [1.29, 1.82) is 0 Å². The van der Waals surface area contributed by atoms with E-state index in [0.29, 0.717) is 23.9 Å². The fraction of sp³-hybridized carbons (Fsp3) is 0.545. The van der Waals surface area contributed by atoms with Gasteiger partial charge >= 0.3 is 6.03 Å². The number of carbonyl (C=O) groups is 1. The van der Waals surface area contributed by atoms with Crippen molar-refractivity contribution in [2.24, 2.45) is 0 Å². The van der Waals surface area contributed by atoms with Crippen LogP contribution in [0.1, 0.15) is 95.1 Å². The van der Waals surface area contributed by atoms with E-state index in [1.165, 1.54) is 76.2 Å². The van der Waals surface area contributed by atoms with Crippen molar-refractivity contribution < 1.29 is 9.53 Å². The van der Waals surface area contributed by atoms with Crippen molar-refractivity contribution in [3.8, 4) is 5.75 Å². The summed E-state index contributed by atoms with van der Waals surface area (Å²) in [5.41, 5.74) is 3.00. The van der Waals surface area contributed by atoms with Crippen LogP contribution in [0.3, 0.4) is 0 Å². The van der Waals surface area contributed by atoms with Gasteiger partial charge in [0.05, 0.1) is 24.1 Å². The van der Waals surface area contributed by atoms with Gasteiger partial charge < -0.3 is 15.0 Å². The van der Waals surface area contributed by atoms with Crippen LogP contribution < -0.4 is 15.0 Å². The van der Waals surface area contributed by atoms with E-state index in [0.717, 1.165) is 30.1 Å². The van der Waals surface area contributed by atoms with E-state index in [2.05, 4.69) is 40.9 Å². The SMILES string of the molecule is CCCCCCCCCCCCCCOc1cc(CN(C(=O)NC)c2cccc(CN3C=CSC3)c2)ccc1Cl. The largest absolute Gasteiger partial charge is 0.492 e. The Balaban J connectivity index is 1.44. The van der Waals surface area contributed by atoms with E-state index in [4.69, 9.17) is 16.3 Å². The molecule has 0 fully saturated rings. The zero-order valence-corrected chi connectivity index (χ0v) is 26.1. The molecule has 0 saturated carbocycles. The van der Waals surface area contributed by atoms with E-state index >= 15 is 0 Å². The minimum atomic E-state index is -0.150. The Hall–Kier alpha value is -2.31. The highest BCUT2D eigenvalue weighted by atomic mass is 35.5. The molecular weight excluding hydrogens is 538 g/mol. The molecule has 5 nitrogen and oxygen atoms in total. The highest BCUT2D eigenvalue weighted by Gasteiger charge is 2.17. The van der Waals surface area contributed by atoms with E-state index in [1.54, 1.807) is 23.7 Å². The summed E-state index contributed by atoms with van der Waals surface area (Å²) in [5.74, 6) is 1.64. The first-order chi connectivity index (χ1) is 19.6. The molecule has 0 atom stereocenters. The molecular formula is C33H48ClN3O2S. The predicted molar refractivity (Wildman–Crippen MR) is 172 cm³/mol. The lowest BCUT2D eigenvalue weighted by molar-refractivity contribution is 0.248. The van der Waals surface area contributed by atoms with Gasteiger partial charge in [-0.2, -0.15) is 0 Å². The van der Waals surface area contributed by atoms with Crippen LogP contribution in [0.15, 0.2) is 54.1 Å². The maximum atomic E-state index is 12.9. The molecule has 0 spiro atoms. The van der Waals surface area contributed by atoms with Crippen LogP contribution >= 0.6 is 23.4 Å². The highest BCUT2D eigenvalue weighted by Crippen LogP contribution is 2.28. The molecule has 1 heterocycles. The van der Waals surface area contributed by atoms with Crippen LogP contribution in [0.4, 0.5) is 10.5 Å². The number of ether oxygens (including phenoxy) is 1. The number of amides is 2. The van der Waals surface area contributed by atoms with Crippen molar-refractivity contribution in [3.63, 3.8) is 0 Å². The molecule has 1 aliphatic rings. The maximum absolute atomic E-state index is 12.9. The summed E-state index contributed by atoms with van der Waals surface area (Å²) in [7, 11) is 1.66. The maximum Gasteiger partial charge on any atom is 0.321 e. The molecule has 0 aliphatic carbocycles. The molecule has 2 amide bonds. The molecule has 3 rings (SSSR count). The van der Waals surface area contributed by atoms with Crippen LogP contribution in [0.25, 0.3) is 0 Å². The third-order valence-electron chi connectivity index (χ3n) is 7.27. The molecule has 1 N–H and O–H groups in total. The molecule has 7 heteroatoms. The summed E-state index contributed by atoms with van der Waals surface area (Å²) < 4.78 is 6.07. The smallest absolute Gasteiger partial charge is 0.321 e. The van der Waals surface area contributed by atoms with Crippen molar-refractivity contribution >= 4 is 35.1 Å². The highest BCUT2D eigenvalue weighted by molar-refractivity contribution is 8.02. The van der Waals surface area contributed by atoms with Crippen LogP contribution in [0.5, 0.6) is 5.75 Å². The van der Waals surface area contributed by atoms with Gasteiger partial charge in [0.1, 0.15) is 5.75 Å². The van der Waals surface area contributed by atoms with Gasteiger partial charge in [0.2, 0.25) is 0 Å². The number of thioether (sulfide) groups is 1. The van der Waals surface area contributed by atoms with E-state index in [1.807, 2.05) is 30.3 Å². The third kappa shape index (κ3) is 11.7. The Morgan fingerprint density at radius 2 is 1.65 bits per heavy atom. The number of unbranched alkanes of at least 4 members (excludes halogenated alkanes) is 11. The number of hydrogen-bond acceptors (Lipinski definition) is 4. The molecule has 0 radical (unpaired) electrons. The zero-order valence-electron chi connectivity index (χ0n) is 24.5. The topological polar surface area (TPSA) is 44.8 Å². The monoisotopic (exact) mass is 585 g/mol. The van der Waals surface area contributed by atoms with Crippen LogP contribution in [0, 0.1) is 0 Å². The quantitative estimate of drug-likeness (QED) is 0.167. The second-order valence-electron chi connectivity index (χ2n) is 10.6. The first-order valence-electron chi connectivity index (χ1n) is 15.1. The van der Waals surface area contributed by atoms with Crippen molar-refractivity contribution in [2.45, 2.75) is 97.1 Å². The summed E-state index contributed by atoms with van der Waals surface area (Å²) in [5, 5.41) is 5.50. The molecule has 0 aromatic heterocycles. The van der Waals surface area contributed by atoms with Crippen LogP contribution in [-0.2, 0) is 13.1 Å². The summed E-state index contributed by atoms with van der Waals surface area (Å²) in [4.78, 5) is 16.9. The van der Waals surface area contributed by atoms with Gasteiger partial charge in [0, 0.05) is 25.5 Å². The molecule has 2 aromatic rings. The summed E-state index contributed by atoms with van der Waals surface area (Å²) in [6, 6.07) is 13.8. The number of carbonyl (C=O) groups excluding carboxylic acids is 1. The van der Waals surface area contributed by atoms with Gasteiger partial charge in [-0.3, -0.25) is 4.90 Å². The summed E-state index contributed by atoms with van der Waals surface area (Å²) >= 11 is 8.25. The fourth-order valence-corrected chi connectivity index (χ4v) is 5.83. The Kier molecular flexibility index (Phi) is 15.2. The van der Waals surface area contributed by atoms with Crippen molar-refractivity contribution in [3.05, 3.63) is 70.2 Å². The number of nitrogens with one attached hydrogen (secondary N) is 1. The van der Waals surface area contributed by atoms with Crippen molar-refractivity contribution in [1.82, 2.24) is 10.2 Å². The second-order valence-corrected chi connectivity index (χ2v) is 11.9. The second kappa shape index (κ2) is 18.9. The average molecular weight is 586 g/mol.